The average Bonchev–Trinajstić information content (AvgIpc) is 2.93. The van der Waals surface area contributed by atoms with Gasteiger partial charge in [0.2, 0.25) is 0 Å². The van der Waals surface area contributed by atoms with E-state index in [2.05, 4.69) is 42.6 Å². The Morgan fingerprint density at radius 3 is 2.50 bits per heavy atom. The van der Waals surface area contributed by atoms with Gasteiger partial charge in [0.05, 0.1) is 11.6 Å². The maximum Gasteiger partial charge on any atom is 0.0888 e. The van der Waals surface area contributed by atoms with E-state index in [4.69, 9.17) is 0 Å². The number of hydrogen-bond acceptors (Lipinski definition) is 2. The Balaban J connectivity index is 1.80. The second-order valence-electron chi connectivity index (χ2n) is 5.68. The first-order valence-electron chi connectivity index (χ1n) is 7.32. The van der Waals surface area contributed by atoms with E-state index in [0.29, 0.717) is 6.42 Å². The van der Waals surface area contributed by atoms with Crippen molar-refractivity contribution in [3.8, 4) is 0 Å². The van der Waals surface area contributed by atoms with Crippen LogP contribution >= 0.6 is 0 Å². The molecule has 0 radical (unpaired) electrons. The second-order valence-corrected chi connectivity index (χ2v) is 5.68. The number of para-hydroxylation sites is 1. The van der Waals surface area contributed by atoms with Crippen molar-refractivity contribution in [1.29, 1.82) is 0 Å². The van der Waals surface area contributed by atoms with E-state index < -0.39 is 5.60 Å². The molecule has 2 aromatic carbocycles. The first-order valence-corrected chi connectivity index (χ1v) is 7.32. The molecule has 2 heteroatoms. The Hall–Kier alpha value is -1.80. The van der Waals surface area contributed by atoms with Crippen LogP contribution in [0.4, 0.5) is 5.69 Å². The fraction of sp³-hybridized carbons (Fsp3) is 0.333. The van der Waals surface area contributed by atoms with Crippen molar-refractivity contribution in [3.05, 3.63) is 65.7 Å². The van der Waals surface area contributed by atoms with Crippen LogP contribution in [-0.4, -0.2) is 16.7 Å². The van der Waals surface area contributed by atoms with Crippen LogP contribution in [0.15, 0.2) is 54.6 Å². The maximum atomic E-state index is 11.1. The molecule has 0 aliphatic carbocycles. The van der Waals surface area contributed by atoms with Gasteiger partial charge in [0.1, 0.15) is 0 Å². The van der Waals surface area contributed by atoms with E-state index >= 15 is 0 Å². The van der Waals surface area contributed by atoms with E-state index in [-0.39, 0.29) is 6.04 Å². The van der Waals surface area contributed by atoms with E-state index in [0.717, 1.165) is 18.5 Å². The maximum absolute atomic E-state index is 11.1. The minimum Gasteiger partial charge on any atom is -0.387 e. The largest absolute Gasteiger partial charge is 0.387 e. The van der Waals surface area contributed by atoms with Gasteiger partial charge in [0.15, 0.2) is 0 Å². The lowest BCUT2D eigenvalue weighted by Crippen LogP contribution is -2.47. The zero-order valence-corrected chi connectivity index (χ0v) is 11.8. The molecule has 0 spiro atoms. The van der Waals surface area contributed by atoms with Gasteiger partial charge in [-0.05, 0) is 30.0 Å². The quantitative estimate of drug-likeness (QED) is 0.889. The molecule has 20 heavy (non-hydrogen) atoms. The minimum absolute atomic E-state index is 0.0881. The highest BCUT2D eigenvalue weighted by Gasteiger charge is 2.38. The van der Waals surface area contributed by atoms with E-state index in [1.807, 2.05) is 24.3 Å². The molecule has 0 aromatic heterocycles. The zero-order chi connectivity index (χ0) is 14.0. The Kier molecular flexibility index (Phi) is 3.49. The summed E-state index contributed by atoms with van der Waals surface area (Å²) in [5.74, 6) is 0. The molecule has 2 N–H and O–H groups in total. The molecule has 2 atom stereocenters. The van der Waals surface area contributed by atoms with Crippen molar-refractivity contribution in [2.75, 3.05) is 5.32 Å². The summed E-state index contributed by atoms with van der Waals surface area (Å²) < 4.78 is 0. The highest BCUT2D eigenvalue weighted by Crippen LogP contribution is 2.33. The first kappa shape index (κ1) is 13.2. The van der Waals surface area contributed by atoms with Crippen LogP contribution in [0.2, 0.25) is 0 Å². The smallest absolute Gasteiger partial charge is 0.0888 e. The Morgan fingerprint density at radius 1 is 1.10 bits per heavy atom. The molecular weight excluding hydrogens is 246 g/mol. The highest BCUT2D eigenvalue weighted by atomic mass is 16.3. The fourth-order valence-corrected chi connectivity index (χ4v) is 3.07. The van der Waals surface area contributed by atoms with E-state index in [9.17, 15) is 5.11 Å². The molecule has 0 amide bonds. The van der Waals surface area contributed by atoms with Crippen LogP contribution in [0, 0.1) is 0 Å². The number of anilines is 1. The summed E-state index contributed by atoms with van der Waals surface area (Å²) in [6.07, 6.45) is 2.33. The SMILES string of the molecule is CCC(O)(Cc1ccccc1)C1Cc2ccccc2N1. The van der Waals surface area contributed by atoms with Gasteiger partial charge < -0.3 is 10.4 Å². The lowest BCUT2D eigenvalue weighted by atomic mass is 9.83. The van der Waals surface area contributed by atoms with Gasteiger partial charge in [-0.2, -0.15) is 0 Å². The standard InChI is InChI=1S/C18H21NO/c1-2-18(20,13-14-8-4-3-5-9-14)17-12-15-10-6-7-11-16(15)19-17/h3-11,17,19-20H,2,12-13H2,1H3. The molecule has 1 heterocycles. The third-order valence-corrected chi connectivity index (χ3v) is 4.39. The third-order valence-electron chi connectivity index (χ3n) is 4.39. The van der Waals surface area contributed by atoms with Gasteiger partial charge in [-0.25, -0.2) is 0 Å². The summed E-state index contributed by atoms with van der Waals surface area (Å²) in [5, 5.41) is 14.6. The normalized spacial score (nSPS) is 20.0. The summed E-state index contributed by atoms with van der Waals surface area (Å²) in [6.45, 7) is 2.06. The van der Waals surface area contributed by atoms with Gasteiger partial charge in [-0.3, -0.25) is 0 Å². The zero-order valence-electron chi connectivity index (χ0n) is 11.8. The molecule has 1 aliphatic rings. The van der Waals surface area contributed by atoms with Crippen LogP contribution in [0.1, 0.15) is 24.5 Å². The number of aliphatic hydroxyl groups is 1. The highest BCUT2D eigenvalue weighted by molar-refractivity contribution is 5.57. The van der Waals surface area contributed by atoms with Gasteiger partial charge in [-0.15, -0.1) is 0 Å². The molecule has 2 aromatic rings. The van der Waals surface area contributed by atoms with Crippen molar-refractivity contribution in [2.24, 2.45) is 0 Å². The Labute approximate surface area is 120 Å². The second kappa shape index (κ2) is 5.29. The molecule has 0 saturated heterocycles. The average molecular weight is 267 g/mol. The van der Waals surface area contributed by atoms with Crippen LogP contribution in [0.3, 0.4) is 0 Å². The predicted octanol–water partition coefficient (Wildman–Crippen LogP) is 3.41. The number of rotatable bonds is 4. The summed E-state index contributed by atoms with van der Waals surface area (Å²) in [7, 11) is 0. The Morgan fingerprint density at radius 2 is 1.80 bits per heavy atom. The summed E-state index contributed by atoms with van der Waals surface area (Å²) in [4.78, 5) is 0. The predicted molar refractivity (Wildman–Crippen MR) is 82.9 cm³/mol. The Bertz CT molecular complexity index is 556. The lowest BCUT2D eigenvalue weighted by molar-refractivity contribution is 0.0189. The van der Waals surface area contributed by atoms with Crippen LogP contribution < -0.4 is 5.32 Å². The summed E-state index contributed by atoms with van der Waals surface area (Å²) >= 11 is 0. The molecule has 3 rings (SSSR count). The van der Waals surface area contributed by atoms with Gasteiger partial charge >= 0.3 is 0 Å². The number of fused-ring (bicyclic) bond motifs is 1. The third kappa shape index (κ3) is 2.44. The molecule has 104 valence electrons. The molecule has 1 aliphatic heterocycles. The minimum atomic E-state index is -0.708. The van der Waals surface area contributed by atoms with Gasteiger partial charge in [0.25, 0.3) is 0 Å². The molecule has 0 fully saturated rings. The molecule has 2 unspecified atom stereocenters. The summed E-state index contributed by atoms with van der Waals surface area (Å²) in [5.41, 5.74) is 2.95. The molecule has 0 bridgehead atoms. The van der Waals surface area contributed by atoms with Crippen molar-refractivity contribution < 1.29 is 5.11 Å². The number of benzene rings is 2. The van der Waals surface area contributed by atoms with Crippen LogP contribution in [-0.2, 0) is 12.8 Å². The van der Waals surface area contributed by atoms with Gasteiger partial charge in [0, 0.05) is 12.1 Å². The van der Waals surface area contributed by atoms with Crippen LogP contribution in [0.25, 0.3) is 0 Å². The van der Waals surface area contributed by atoms with Crippen LogP contribution in [0.5, 0.6) is 0 Å². The molecular formula is C18H21NO. The first-order chi connectivity index (χ1) is 9.71. The number of nitrogens with one attached hydrogen (secondary N) is 1. The van der Waals surface area contributed by atoms with Crippen molar-refractivity contribution >= 4 is 5.69 Å². The van der Waals surface area contributed by atoms with E-state index in [1.54, 1.807) is 0 Å². The topological polar surface area (TPSA) is 32.3 Å². The van der Waals surface area contributed by atoms with Gasteiger partial charge in [-0.1, -0.05) is 55.5 Å². The van der Waals surface area contributed by atoms with E-state index in [1.165, 1.54) is 11.1 Å². The van der Waals surface area contributed by atoms with Crippen molar-refractivity contribution in [2.45, 2.75) is 37.8 Å². The monoisotopic (exact) mass is 267 g/mol. The number of hydrogen-bond donors (Lipinski definition) is 2. The summed E-state index contributed by atoms with van der Waals surface area (Å²) in [6, 6.07) is 18.7. The lowest BCUT2D eigenvalue weighted by Gasteiger charge is -2.33. The molecule has 2 nitrogen and oxygen atoms in total. The fourth-order valence-electron chi connectivity index (χ4n) is 3.07. The van der Waals surface area contributed by atoms with Crippen molar-refractivity contribution in [1.82, 2.24) is 0 Å². The molecule has 0 saturated carbocycles. The van der Waals surface area contributed by atoms with Crippen molar-refractivity contribution in [3.63, 3.8) is 0 Å².